The first-order chi connectivity index (χ1) is 13.1. The Morgan fingerprint density at radius 2 is 2.15 bits per heavy atom. The van der Waals surface area contributed by atoms with Crippen LogP contribution in [-0.4, -0.2) is 55.2 Å². The van der Waals surface area contributed by atoms with Gasteiger partial charge >= 0.3 is 0 Å². The summed E-state index contributed by atoms with van der Waals surface area (Å²) in [5, 5.41) is 6.47. The molecule has 1 aromatic carbocycles. The van der Waals surface area contributed by atoms with Crippen LogP contribution in [0.4, 0.5) is 10.1 Å². The Bertz CT molecular complexity index is 657. The minimum atomic E-state index is -0.373. The monoisotopic (exact) mass is 375 g/mol. The number of carbonyl (C=O) groups excluding carboxylic acids is 1. The number of benzene rings is 1. The fraction of sp³-hybridized carbons (Fsp3) is 0.667. The van der Waals surface area contributed by atoms with Gasteiger partial charge in [0.1, 0.15) is 11.9 Å². The van der Waals surface area contributed by atoms with Crippen molar-refractivity contribution in [3.05, 3.63) is 29.1 Å². The van der Waals surface area contributed by atoms with E-state index in [1.807, 2.05) is 6.92 Å². The third-order valence-electron chi connectivity index (χ3n) is 6.27. The van der Waals surface area contributed by atoms with E-state index in [4.69, 9.17) is 4.74 Å². The minimum absolute atomic E-state index is 0.00477. The highest BCUT2D eigenvalue weighted by molar-refractivity contribution is 5.88. The van der Waals surface area contributed by atoms with Crippen molar-refractivity contribution in [2.24, 2.45) is 0 Å². The zero-order chi connectivity index (χ0) is 18.8. The van der Waals surface area contributed by atoms with E-state index in [0.29, 0.717) is 18.0 Å². The van der Waals surface area contributed by atoms with Crippen LogP contribution in [-0.2, 0) is 16.0 Å². The Kier molecular flexibility index (Phi) is 5.64. The van der Waals surface area contributed by atoms with Crippen LogP contribution in [0.15, 0.2) is 12.1 Å². The third-order valence-corrected chi connectivity index (χ3v) is 6.27. The molecule has 2 aliphatic heterocycles. The first kappa shape index (κ1) is 18.7. The molecule has 0 bridgehead atoms. The molecule has 0 spiro atoms. The van der Waals surface area contributed by atoms with Crippen LogP contribution in [0.2, 0.25) is 0 Å². The van der Waals surface area contributed by atoms with E-state index >= 15 is 0 Å². The van der Waals surface area contributed by atoms with Crippen LogP contribution in [0, 0.1) is 12.7 Å². The normalized spacial score (nSPS) is 28.9. The summed E-state index contributed by atoms with van der Waals surface area (Å²) in [6.07, 6.45) is 5.87. The summed E-state index contributed by atoms with van der Waals surface area (Å²) in [5.74, 6) is -0.227. The maximum absolute atomic E-state index is 14.1. The molecule has 3 aliphatic rings. The van der Waals surface area contributed by atoms with Crippen LogP contribution < -0.4 is 10.6 Å². The lowest BCUT2D eigenvalue weighted by Gasteiger charge is -2.37. The number of anilines is 1. The zero-order valence-electron chi connectivity index (χ0n) is 16.1. The molecule has 5 nitrogen and oxygen atoms in total. The highest BCUT2D eigenvalue weighted by Gasteiger charge is 2.33. The molecule has 27 heavy (non-hydrogen) atoms. The van der Waals surface area contributed by atoms with E-state index in [1.165, 1.54) is 12.5 Å². The van der Waals surface area contributed by atoms with Crippen LogP contribution in [0.1, 0.15) is 43.2 Å². The highest BCUT2D eigenvalue weighted by atomic mass is 19.1. The highest BCUT2D eigenvalue weighted by Crippen LogP contribution is 2.32. The van der Waals surface area contributed by atoms with Gasteiger partial charge in [-0.25, -0.2) is 4.39 Å². The molecule has 1 aliphatic carbocycles. The van der Waals surface area contributed by atoms with Crippen LogP contribution in [0.3, 0.4) is 0 Å². The summed E-state index contributed by atoms with van der Waals surface area (Å²) >= 11 is 0. The van der Waals surface area contributed by atoms with Crippen molar-refractivity contribution in [1.29, 1.82) is 0 Å². The van der Waals surface area contributed by atoms with Gasteiger partial charge < -0.3 is 15.4 Å². The van der Waals surface area contributed by atoms with Gasteiger partial charge in [0, 0.05) is 49.5 Å². The number of halogens is 1. The maximum atomic E-state index is 14.1. The largest absolute Gasteiger partial charge is 0.380 e. The van der Waals surface area contributed by atoms with E-state index in [-0.39, 0.29) is 23.8 Å². The van der Waals surface area contributed by atoms with Gasteiger partial charge in [-0.15, -0.1) is 0 Å². The number of rotatable bonds is 3. The van der Waals surface area contributed by atoms with E-state index < -0.39 is 0 Å². The molecule has 1 aromatic rings. The predicted molar refractivity (Wildman–Crippen MR) is 103 cm³/mol. The van der Waals surface area contributed by atoms with E-state index in [9.17, 15) is 9.18 Å². The number of aryl methyl sites for hydroxylation is 1. The molecule has 1 unspecified atom stereocenters. The fourth-order valence-corrected chi connectivity index (χ4v) is 4.79. The van der Waals surface area contributed by atoms with Gasteiger partial charge in [0.05, 0.1) is 6.61 Å². The second kappa shape index (κ2) is 8.15. The summed E-state index contributed by atoms with van der Waals surface area (Å²) in [5.41, 5.74) is 2.42. The standard InChI is InChI=1S/C21H30FN3O2/c1-14-6-7-18(22)17-13-19(24-20(14)17)21(26)23-15-4-2-5-16(12-15)25-8-3-10-27-11-9-25/h6-7,15-16,19,24H,2-5,8-13H2,1H3,(H,23,26)/t15-,16-,19?/m1/s1. The van der Waals surface area contributed by atoms with E-state index in [2.05, 4.69) is 15.5 Å². The zero-order valence-corrected chi connectivity index (χ0v) is 16.1. The summed E-state index contributed by atoms with van der Waals surface area (Å²) in [4.78, 5) is 15.3. The van der Waals surface area contributed by atoms with Crippen molar-refractivity contribution in [1.82, 2.24) is 10.2 Å². The van der Waals surface area contributed by atoms with Crippen LogP contribution in [0.5, 0.6) is 0 Å². The molecule has 148 valence electrons. The number of hydrogen-bond acceptors (Lipinski definition) is 4. The average molecular weight is 375 g/mol. The van der Waals surface area contributed by atoms with Crippen molar-refractivity contribution in [2.75, 3.05) is 31.6 Å². The minimum Gasteiger partial charge on any atom is -0.380 e. The van der Waals surface area contributed by atoms with Gasteiger partial charge in [0.15, 0.2) is 0 Å². The fourth-order valence-electron chi connectivity index (χ4n) is 4.79. The molecular weight excluding hydrogens is 345 g/mol. The lowest BCUT2D eigenvalue weighted by molar-refractivity contribution is -0.122. The van der Waals surface area contributed by atoms with Crippen molar-refractivity contribution in [2.45, 2.75) is 63.6 Å². The Morgan fingerprint density at radius 3 is 3.00 bits per heavy atom. The molecule has 0 aromatic heterocycles. The van der Waals surface area contributed by atoms with Gasteiger partial charge in [0.2, 0.25) is 5.91 Å². The lowest BCUT2D eigenvalue weighted by Crippen LogP contribution is -2.49. The van der Waals surface area contributed by atoms with Crippen molar-refractivity contribution in [3.8, 4) is 0 Å². The Hall–Kier alpha value is -1.66. The number of amides is 1. The number of nitrogens with one attached hydrogen (secondary N) is 2. The first-order valence-electron chi connectivity index (χ1n) is 10.3. The molecular formula is C21H30FN3O2. The Morgan fingerprint density at radius 1 is 1.26 bits per heavy atom. The van der Waals surface area contributed by atoms with Gasteiger partial charge in [-0.3, -0.25) is 9.69 Å². The summed E-state index contributed by atoms with van der Waals surface area (Å²) in [7, 11) is 0. The first-order valence-corrected chi connectivity index (χ1v) is 10.3. The van der Waals surface area contributed by atoms with Gasteiger partial charge in [0.25, 0.3) is 0 Å². The quantitative estimate of drug-likeness (QED) is 0.853. The molecule has 2 N–H and O–H groups in total. The van der Waals surface area contributed by atoms with Crippen molar-refractivity contribution in [3.63, 3.8) is 0 Å². The summed E-state index contributed by atoms with van der Waals surface area (Å²) in [6, 6.07) is 3.61. The van der Waals surface area contributed by atoms with Crippen LogP contribution >= 0.6 is 0 Å². The molecule has 2 fully saturated rings. The number of carbonyl (C=O) groups is 1. The number of hydrogen-bond donors (Lipinski definition) is 2. The lowest BCUT2D eigenvalue weighted by atomic mass is 9.89. The maximum Gasteiger partial charge on any atom is 0.243 e. The molecule has 4 rings (SSSR count). The third kappa shape index (κ3) is 4.11. The van der Waals surface area contributed by atoms with Crippen LogP contribution in [0.25, 0.3) is 0 Å². The average Bonchev–Trinajstić information content (AvgIpc) is 2.96. The second-order valence-corrected chi connectivity index (χ2v) is 8.15. The smallest absolute Gasteiger partial charge is 0.243 e. The molecule has 0 radical (unpaired) electrons. The molecule has 1 amide bonds. The summed E-state index contributed by atoms with van der Waals surface area (Å²) < 4.78 is 19.6. The van der Waals surface area contributed by atoms with Gasteiger partial charge in [-0.1, -0.05) is 6.07 Å². The van der Waals surface area contributed by atoms with Crippen molar-refractivity contribution < 1.29 is 13.9 Å². The number of ether oxygens (including phenoxy) is 1. The van der Waals surface area contributed by atoms with E-state index in [1.54, 1.807) is 6.07 Å². The molecule has 2 heterocycles. The predicted octanol–water partition coefficient (Wildman–Crippen LogP) is 2.62. The molecule has 3 atom stereocenters. The Balaban J connectivity index is 1.34. The SMILES string of the molecule is Cc1ccc(F)c2c1NC(C(=O)N[C@@H]1CCC[C@@H](N3CCCOCC3)C1)C2. The van der Waals surface area contributed by atoms with Gasteiger partial charge in [-0.2, -0.15) is 0 Å². The molecule has 1 saturated carbocycles. The van der Waals surface area contributed by atoms with Gasteiger partial charge in [-0.05, 0) is 50.7 Å². The van der Waals surface area contributed by atoms with Crippen molar-refractivity contribution >= 4 is 11.6 Å². The molecule has 6 heteroatoms. The summed E-state index contributed by atoms with van der Waals surface area (Å²) in [6.45, 7) is 5.69. The number of fused-ring (bicyclic) bond motifs is 1. The Labute approximate surface area is 160 Å². The molecule has 1 saturated heterocycles. The number of nitrogens with zero attached hydrogens (tertiary/aromatic N) is 1. The topological polar surface area (TPSA) is 53.6 Å². The second-order valence-electron chi connectivity index (χ2n) is 8.15. The van der Waals surface area contributed by atoms with E-state index in [0.717, 1.165) is 63.2 Å².